The lowest BCUT2D eigenvalue weighted by atomic mass is 10.0. The molecule has 0 saturated heterocycles. The standard InChI is InChI=1S/C24H33N3O4S/c1-16(2)15-22(26-23(28)21-10-8-7-9-17(21)3)24(29)25-18(4)19-11-13-20(14-12-19)32(30,31)27(5)6/h7-14,16,18,22H,15H2,1-6H3,(H,25,29)(H,26,28). The largest absolute Gasteiger partial charge is 0.348 e. The number of carbonyl (C=O) groups is 2. The van der Waals surface area contributed by atoms with Gasteiger partial charge in [-0.05, 0) is 55.5 Å². The second-order valence-corrected chi connectivity index (χ2v) is 10.7. The van der Waals surface area contributed by atoms with Gasteiger partial charge in [-0.25, -0.2) is 12.7 Å². The molecule has 7 nitrogen and oxygen atoms in total. The van der Waals surface area contributed by atoms with E-state index in [-0.39, 0.29) is 28.7 Å². The molecule has 0 spiro atoms. The summed E-state index contributed by atoms with van der Waals surface area (Å²) in [6, 6.07) is 12.6. The number of benzene rings is 2. The Morgan fingerprint density at radius 2 is 1.53 bits per heavy atom. The molecule has 0 heterocycles. The van der Waals surface area contributed by atoms with Crippen LogP contribution in [0, 0.1) is 12.8 Å². The van der Waals surface area contributed by atoms with Crippen molar-refractivity contribution >= 4 is 21.8 Å². The van der Waals surface area contributed by atoms with E-state index in [0.29, 0.717) is 12.0 Å². The monoisotopic (exact) mass is 459 g/mol. The molecule has 2 unspecified atom stereocenters. The Morgan fingerprint density at radius 1 is 0.938 bits per heavy atom. The first-order valence-electron chi connectivity index (χ1n) is 10.6. The average molecular weight is 460 g/mol. The highest BCUT2D eigenvalue weighted by Crippen LogP contribution is 2.19. The van der Waals surface area contributed by atoms with Crippen LogP contribution in [0.1, 0.15) is 54.7 Å². The van der Waals surface area contributed by atoms with Crippen molar-refractivity contribution in [3.05, 3.63) is 65.2 Å². The molecule has 174 valence electrons. The second kappa shape index (κ2) is 10.7. The van der Waals surface area contributed by atoms with E-state index in [2.05, 4.69) is 10.6 Å². The van der Waals surface area contributed by atoms with Gasteiger partial charge in [-0.1, -0.05) is 44.2 Å². The van der Waals surface area contributed by atoms with Crippen molar-refractivity contribution in [3.8, 4) is 0 Å². The van der Waals surface area contributed by atoms with E-state index < -0.39 is 16.1 Å². The zero-order valence-electron chi connectivity index (χ0n) is 19.5. The number of nitrogens with zero attached hydrogens (tertiary/aromatic N) is 1. The van der Waals surface area contributed by atoms with Gasteiger partial charge in [0, 0.05) is 19.7 Å². The van der Waals surface area contributed by atoms with E-state index in [0.717, 1.165) is 15.4 Å². The van der Waals surface area contributed by atoms with Gasteiger partial charge in [-0.15, -0.1) is 0 Å². The molecule has 2 rings (SSSR count). The van der Waals surface area contributed by atoms with Gasteiger partial charge in [0.05, 0.1) is 10.9 Å². The van der Waals surface area contributed by atoms with Gasteiger partial charge in [0.2, 0.25) is 15.9 Å². The van der Waals surface area contributed by atoms with E-state index in [1.165, 1.54) is 26.2 Å². The fourth-order valence-corrected chi connectivity index (χ4v) is 4.20. The molecule has 2 N–H and O–H groups in total. The maximum absolute atomic E-state index is 13.0. The van der Waals surface area contributed by atoms with Crippen LogP contribution in [0.15, 0.2) is 53.4 Å². The molecule has 0 bridgehead atoms. The Kier molecular flexibility index (Phi) is 8.58. The summed E-state index contributed by atoms with van der Waals surface area (Å²) in [7, 11) is -0.558. The SMILES string of the molecule is Cc1ccccc1C(=O)NC(CC(C)C)C(=O)NC(C)c1ccc(S(=O)(=O)N(C)C)cc1. The molecule has 32 heavy (non-hydrogen) atoms. The van der Waals surface area contributed by atoms with Crippen molar-refractivity contribution in [2.24, 2.45) is 5.92 Å². The third kappa shape index (κ3) is 6.40. The highest BCUT2D eigenvalue weighted by molar-refractivity contribution is 7.89. The predicted molar refractivity (Wildman–Crippen MR) is 126 cm³/mol. The quantitative estimate of drug-likeness (QED) is 0.602. The molecule has 0 aliphatic carbocycles. The fourth-order valence-electron chi connectivity index (χ4n) is 3.30. The Labute approximate surface area is 191 Å². The normalized spacial score (nSPS) is 13.6. The smallest absolute Gasteiger partial charge is 0.252 e. The van der Waals surface area contributed by atoms with Gasteiger partial charge in [0.15, 0.2) is 0 Å². The molecule has 2 atom stereocenters. The van der Waals surface area contributed by atoms with E-state index in [4.69, 9.17) is 0 Å². The summed E-state index contributed by atoms with van der Waals surface area (Å²) in [4.78, 5) is 25.9. The minimum Gasteiger partial charge on any atom is -0.348 e. The number of hydrogen-bond donors (Lipinski definition) is 2. The Hall–Kier alpha value is -2.71. The molecule has 2 amide bonds. The third-order valence-corrected chi connectivity index (χ3v) is 7.07. The van der Waals surface area contributed by atoms with Crippen molar-refractivity contribution in [1.29, 1.82) is 0 Å². The second-order valence-electron chi connectivity index (χ2n) is 8.56. The van der Waals surface area contributed by atoms with Crippen LogP contribution in [0.3, 0.4) is 0 Å². The van der Waals surface area contributed by atoms with Crippen LogP contribution in [0.4, 0.5) is 0 Å². The molecule has 2 aromatic carbocycles. The zero-order chi connectivity index (χ0) is 24.1. The zero-order valence-corrected chi connectivity index (χ0v) is 20.4. The van der Waals surface area contributed by atoms with Crippen LogP contribution < -0.4 is 10.6 Å². The van der Waals surface area contributed by atoms with Crippen LogP contribution >= 0.6 is 0 Å². The molecule has 2 aromatic rings. The highest BCUT2D eigenvalue weighted by atomic mass is 32.2. The molecular formula is C24H33N3O4S. The first kappa shape index (κ1) is 25.5. The number of carbonyl (C=O) groups excluding carboxylic acids is 2. The van der Waals surface area contributed by atoms with Gasteiger partial charge < -0.3 is 10.6 Å². The Balaban J connectivity index is 2.13. The van der Waals surface area contributed by atoms with Crippen molar-refractivity contribution < 1.29 is 18.0 Å². The molecule has 0 aromatic heterocycles. The van der Waals surface area contributed by atoms with Crippen molar-refractivity contribution in [3.63, 3.8) is 0 Å². The van der Waals surface area contributed by atoms with Crippen LogP contribution in [-0.4, -0.2) is 44.7 Å². The van der Waals surface area contributed by atoms with E-state index >= 15 is 0 Å². The minimum atomic E-state index is -3.51. The van der Waals surface area contributed by atoms with Gasteiger partial charge in [-0.2, -0.15) is 0 Å². The fraction of sp³-hybridized carbons (Fsp3) is 0.417. The molecule has 0 radical (unpaired) electrons. The number of hydrogen-bond acceptors (Lipinski definition) is 4. The summed E-state index contributed by atoms with van der Waals surface area (Å²) in [5.41, 5.74) is 2.15. The Morgan fingerprint density at radius 3 is 2.06 bits per heavy atom. The predicted octanol–water partition coefficient (Wildman–Crippen LogP) is 3.27. The number of rotatable bonds is 9. The van der Waals surface area contributed by atoms with E-state index in [1.807, 2.05) is 39.8 Å². The van der Waals surface area contributed by atoms with Crippen LogP contribution in [0.2, 0.25) is 0 Å². The lowest BCUT2D eigenvalue weighted by Gasteiger charge is -2.23. The van der Waals surface area contributed by atoms with Crippen LogP contribution in [0.5, 0.6) is 0 Å². The molecule has 0 aliphatic heterocycles. The molecule has 0 saturated carbocycles. The van der Waals surface area contributed by atoms with Crippen LogP contribution in [-0.2, 0) is 14.8 Å². The van der Waals surface area contributed by atoms with E-state index in [1.54, 1.807) is 24.3 Å². The molecular weight excluding hydrogens is 426 g/mol. The maximum atomic E-state index is 13.0. The van der Waals surface area contributed by atoms with Crippen molar-refractivity contribution in [1.82, 2.24) is 14.9 Å². The number of amides is 2. The van der Waals surface area contributed by atoms with Gasteiger partial charge in [0.25, 0.3) is 5.91 Å². The summed E-state index contributed by atoms with van der Waals surface area (Å²) < 4.78 is 25.6. The van der Waals surface area contributed by atoms with Crippen molar-refractivity contribution in [2.75, 3.05) is 14.1 Å². The highest BCUT2D eigenvalue weighted by Gasteiger charge is 2.25. The number of aryl methyl sites for hydroxylation is 1. The summed E-state index contributed by atoms with van der Waals surface area (Å²) in [6.45, 7) is 7.67. The van der Waals surface area contributed by atoms with Gasteiger partial charge in [0.1, 0.15) is 6.04 Å². The third-order valence-electron chi connectivity index (χ3n) is 5.24. The summed E-state index contributed by atoms with van der Waals surface area (Å²) in [6.07, 6.45) is 0.496. The van der Waals surface area contributed by atoms with Crippen LogP contribution in [0.25, 0.3) is 0 Å². The lowest BCUT2D eigenvalue weighted by Crippen LogP contribution is -2.48. The lowest BCUT2D eigenvalue weighted by molar-refractivity contribution is -0.124. The number of sulfonamides is 1. The molecule has 0 aliphatic rings. The molecule has 0 fully saturated rings. The summed E-state index contributed by atoms with van der Waals surface area (Å²) in [5.74, 6) is -0.360. The number of nitrogens with one attached hydrogen (secondary N) is 2. The maximum Gasteiger partial charge on any atom is 0.252 e. The van der Waals surface area contributed by atoms with Gasteiger partial charge >= 0.3 is 0 Å². The first-order chi connectivity index (χ1) is 14.9. The average Bonchev–Trinajstić information content (AvgIpc) is 2.73. The Bertz CT molecular complexity index is 1050. The first-order valence-corrected chi connectivity index (χ1v) is 12.1. The minimum absolute atomic E-state index is 0.188. The topological polar surface area (TPSA) is 95.6 Å². The van der Waals surface area contributed by atoms with Gasteiger partial charge in [-0.3, -0.25) is 9.59 Å². The van der Waals surface area contributed by atoms with Crippen molar-refractivity contribution in [2.45, 2.75) is 51.1 Å². The molecule has 8 heteroatoms. The van der Waals surface area contributed by atoms with E-state index in [9.17, 15) is 18.0 Å². The summed E-state index contributed by atoms with van der Waals surface area (Å²) >= 11 is 0. The summed E-state index contributed by atoms with van der Waals surface area (Å²) in [5, 5.41) is 5.81.